The predicted octanol–water partition coefficient (Wildman–Crippen LogP) is 0.214. The number of esters is 1. The number of hydrogen-bond acceptors (Lipinski definition) is 6. The third-order valence-corrected chi connectivity index (χ3v) is 1.99. The van der Waals surface area contributed by atoms with Crippen LogP contribution < -0.4 is 4.74 Å². The number of carbonyl (C=O) groups excluding carboxylic acids is 1. The predicted molar refractivity (Wildman–Crippen MR) is 56.7 cm³/mol. The highest BCUT2D eigenvalue weighted by Crippen LogP contribution is 2.12. The maximum Gasteiger partial charge on any atom is 0.344 e. The van der Waals surface area contributed by atoms with Gasteiger partial charge >= 0.3 is 12.0 Å². The summed E-state index contributed by atoms with van der Waals surface area (Å²) in [4.78, 5) is 10.9. The number of nitrogens with zero attached hydrogens (tertiary/aromatic N) is 4. The lowest BCUT2D eigenvalue weighted by Crippen LogP contribution is -2.15. The fraction of sp³-hybridized carbons (Fsp3) is 0.200. The summed E-state index contributed by atoms with van der Waals surface area (Å²) in [6.45, 7) is -0.232. The Morgan fingerprint density at radius 2 is 2.12 bits per heavy atom. The van der Waals surface area contributed by atoms with Gasteiger partial charge in [0.25, 0.3) is 0 Å². The van der Waals surface area contributed by atoms with Gasteiger partial charge in [0.1, 0.15) is 0 Å². The molecule has 0 atom stereocenters. The molecule has 7 heteroatoms. The molecule has 1 heterocycles. The minimum absolute atomic E-state index is 0.140. The monoisotopic (exact) mass is 234 g/mol. The van der Waals surface area contributed by atoms with Crippen LogP contribution in [-0.2, 0) is 9.53 Å². The van der Waals surface area contributed by atoms with Crippen molar-refractivity contribution in [3.8, 4) is 11.7 Å². The van der Waals surface area contributed by atoms with Crippen LogP contribution in [0.25, 0.3) is 5.69 Å². The second kappa shape index (κ2) is 5.06. The molecule has 0 saturated carbocycles. The van der Waals surface area contributed by atoms with Gasteiger partial charge in [0.2, 0.25) is 0 Å². The van der Waals surface area contributed by atoms with Gasteiger partial charge in [0.15, 0.2) is 6.61 Å². The number of carbonyl (C=O) groups is 1. The summed E-state index contributed by atoms with van der Waals surface area (Å²) < 4.78 is 11.0. The Kier molecular flexibility index (Phi) is 3.29. The van der Waals surface area contributed by atoms with E-state index in [2.05, 4.69) is 20.3 Å². The minimum Gasteiger partial charge on any atom is -0.466 e. The zero-order valence-electron chi connectivity index (χ0n) is 9.11. The molecule has 0 saturated heterocycles. The van der Waals surface area contributed by atoms with Gasteiger partial charge in [0.05, 0.1) is 12.8 Å². The maximum absolute atomic E-state index is 10.9. The van der Waals surface area contributed by atoms with Crippen LogP contribution in [-0.4, -0.2) is 39.9 Å². The average Bonchev–Trinajstić information content (AvgIpc) is 2.85. The van der Waals surface area contributed by atoms with Crippen LogP contribution in [0.4, 0.5) is 0 Å². The van der Waals surface area contributed by atoms with Crippen LogP contribution >= 0.6 is 0 Å². The standard InChI is InChI=1S/C10H10N4O3/c1-16-9(15)7-17-10-11-12-13-14(10)8-5-3-2-4-6-8/h2-6H,7H2,1H3. The molecule has 1 aromatic heterocycles. The molecular formula is C10H10N4O3. The van der Waals surface area contributed by atoms with Crippen LogP contribution in [0.2, 0.25) is 0 Å². The van der Waals surface area contributed by atoms with Crippen molar-refractivity contribution in [1.82, 2.24) is 20.2 Å². The minimum atomic E-state index is -0.493. The van der Waals surface area contributed by atoms with Crippen LogP contribution in [0.1, 0.15) is 0 Å². The first-order valence-electron chi connectivity index (χ1n) is 4.84. The lowest BCUT2D eigenvalue weighted by molar-refractivity contribution is -0.143. The largest absolute Gasteiger partial charge is 0.466 e. The van der Waals surface area contributed by atoms with Crippen molar-refractivity contribution >= 4 is 5.97 Å². The molecule has 0 fully saturated rings. The number of aromatic nitrogens is 4. The summed E-state index contributed by atoms with van der Waals surface area (Å²) in [6, 6.07) is 9.36. The second-order valence-corrected chi connectivity index (χ2v) is 3.07. The van der Waals surface area contributed by atoms with E-state index in [-0.39, 0.29) is 12.6 Å². The van der Waals surface area contributed by atoms with Gasteiger partial charge in [-0.3, -0.25) is 0 Å². The lowest BCUT2D eigenvalue weighted by atomic mass is 10.3. The van der Waals surface area contributed by atoms with Crippen molar-refractivity contribution in [1.29, 1.82) is 0 Å². The van der Waals surface area contributed by atoms with Gasteiger partial charge in [-0.05, 0) is 22.6 Å². The molecule has 0 aliphatic carbocycles. The smallest absolute Gasteiger partial charge is 0.344 e. The van der Waals surface area contributed by atoms with Crippen LogP contribution in [0.3, 0.4) is 0 Å². The number of rotatable bonds is 4. The normalized spacial score (nSPS) is 9.94. The lowest BCUT2D eigenvalue weighted by Gasteiger charge is -2.04. The number of hydrogen-bond donors (Lipinski definition) is 0. The zero-order valence-corrected chi connectivity index (χ0v) is 9.11. The fourth-order valence-corrected chi connectivity index (χ4v) is 1.18. The third-order valence-electron chi connectivity index (χ3n) is 1.99. The maximum atomic E-state index is 10.9. The van der Waals surface area contributed by atoms with Crippen molar-refractivity contribution in [3.63, 3.8) is 0 Å². The van der Waals surface area contributed by atoms with E-state index in [1.165, 1.54) is 11.8 Å². The van der Waals surface area contributed by atoms with Crippen molar-refractivity contribution in [3.05, 3.63) is 30.3 Å². The first-order valence-corrected chi connectivity index (χ1v) is 4.84. The quantitative estimate of drug-likeness (QED) is 0.704. The molecule has 0 bridgehead atoms. The zero-order chi connectivity index (χ0) is 12.1. The molecule has 0 unspecified atom stereocenters. The van der Waals surface area contributed by atoms with Crippen LogP contribution in [0, 0.1) is 0 Å². The van der Waals surface area contributed by atoms with Crippen molar-refractivity contribution < 1.29 is 14.3 Å². The summed E-state index contributed by atoms with van der Waals surface area (Å²) in [5, 5.41) is 10.9. The Morgan fingerprint density at radius 3 is 2.82 bits per heavy atom. The molecule has 0 radical (unpaired) electrons. The molecular weight excluding hydrogens is 224 g/mol. The fourth-order valence-electron chi connectivity index (χ4n) is 1.18. The summed E-state index contributed by atoms with van der Waals surface area (Å²) in [7, 11) is 1.28. The van der Waals surface area contributed by atoms with Gasteiger partial charge in [0, 0.05) is 0 Å². The SMILES string of the molecule is COC(=O)COc1nnnn1-c1ccccc1. The van der Waals surface area contributed by atoms with Crippen LogP contribution in [0.5, 0.6) is 6.01 Å². The first kappa shape index (κ1) is 11.1. The highest BCUT2D eigenvalue weighted by Gasteiger charge is 2.11. The number of para-hydroxylation sites is 1. The number of methoxy groups -OCH3 is 1. The molecule has 0 N–H and O–H groups in total. The molecule has 88 valence electrons. The van der Waals surface area contributed by atoms with E-state index < -0.39 is 5.97 Å². The molecule has 0 aliphatic heterocycles. The second-order valence-electron chi connectivity index (χ2n) is 3.07. The van der Waals surface area contributed by atoms with Crippen molar-refractivity contribution in [2.24, 2.45) is 0 Å². The molecule has 0 spiro atoms. The first-order chi connectivity index (χ1) is 8.31. The summed E-state index contributed by atoms with van der Waals surface area (Å²) in [5.41, 5.74) is 0.748. The third kappa shape index (κ3) is 2.57. The summed E-state index contributed by atoms with van der Waals surface area (Å²) in [5.74, 6) is -0.493. The Bertz CT molecular complexity index is 497. The van der Waals surface area contributed by atoms with E-state index in [1.807, 2.05) is 30.3 Å². The van der Waals surface area contributed by atoms with E-state index in [0.717, 1.165) is 5.69 Å². The van der Waals surface area contributed by atoms with Gasteiger partial charge in [-0.25, -0.2) is 4.79 Å². The molecule has 17 heavy (non-hydrogen) atoms. The van der Waals surface area contributed by atoms with E-state index >= 15 is 0 Å². The summed E-state index contributed by atoms with van der Waals surface area (Å²) in [6.07, 6.45) is 0. The highest BCUT2D eigenvalue weighted by atomic mass is 16.6. The van der Waals surface area contributed by atoms with Gasteiger partial charge in [-0.15, -0.1) is 0 Å². The van der Waals surface area contributed by atoms with Gasteiger partial charge in [-0.2, -0.15) is 4.68 Å². The number of ether oxygens (including phenoxy) is 2. The Balaban J connectivity index is 2.15. The highest BCUT2D eigenvalue weighted by molar-refractivity contribution is 5.70. The Hall–Kier alpha value is -2.44. The van der Waals surface area contributed by atoms with E-state index in [1.54, 1.807) is 0 Å². The average molecular weight is 234 g/mol. The van der Waals surface area contributed by atoms with E-state index in [4.69, 9.17) is 4.74 Å². The molecule has 7 nitrogen and oxygen atoms in total. The van der Waals surface area contributed by atoms with E-state index in [0.29, 0.717) is 0 Å². The van der Waals surface area contributed by atoms with Crippen molar-refractivity contribution in [2.45, 2.75) is 0 Å². The van der Waals surface area contributed by atoms with Crippen molar-refractivity contribution in [2.75, 3.05) is 13.7 Å². The van der Waals surface area contributed by atoms with Gasteiger partial charge < -0.3 is 9.47 Å². The Labute approximate surface area is 97.0 Å². The van der Waals surface area contributed by atoms with E-state index in [9.17, 15) is 4.79 Å². The Morgan fingerprint density at radius 1 is 1.35 bits per heavy atom. The molecule has 0 aliphatic rings. The summed E-state index contributed by atoms with van der Waals surface area (Å²) >= 11 is 0. The molecule has 0 amide bonds. The molecule has 1 aromatic carbocycles. The molecule has 2 aromatic rings. The topological polar surface area (TPSA) is 79.1 Å². The van der Waals surface area contributed by atoms with Gasteiger partial charge in [-0.1, -0.05) is 23.3 Å². The number of tetrazole rings is 1. The molecule has 2 rings (SSSR count). The van der Waals surface area contributed by atoms with Crippen LogP contribution in [0.15, 0.2) is 30.3 Å². The number of benzene rings is 1.